The highest BCUT2D eigenvalue weighted by Gasteiger charge is 2.32. The number of carboxylic acid groups (broad SMARTS) is 1. The number of amides is 1. The first kappa shape index (κ1) is 14.9. The molecule has 21 heavy (non-hydrogen) atoms. The number of hydrogen-bond acceptors (Lipinski definition) is 4. The SMILES string of the molecule is CC1C(=O)NC(C(=O)O)=C(NCCc2ccccc2)N1C. The number of hydrogen-bond donors (Lipinski definition) is 3. The maximum atomic E-state index is 11.7. The number of carbonyl (C=O) groups excluding carboxylic acids is 1. The van der Waals surface area contributed by atoms with Crippen molar-refractivity contribution in [1.82, 2.24) is 15.5 Å². The number of rotatable bonds is 5. The van der Waals surface area contributed by atoms with E-state index >= 15 is 0 Å². The number of nitrogens with zero attached hydrogens (tertiary/aromatic N) is 1. The van der Waals surface area contributed by atoms with Gasteiger partial charge in [-0.1, -0.05) is 30.3 Å². The molecule has 112 valence electrons. The van der Waals surface area contributed by atoms with Gasteiger partial charge in [-0.25, -0.2) is 4.79 Å². The molecule has 6 nitrogen and oxygen atoms in total. The van der Waals surface area contributed by atoms with E-state index in [9.17, 15) is 14.7 Å². The Bertz CT molecular complexity index is 569. The molecular formula is C15H19N3O3. The largest absolute Gasteiger partial charge is 0.476 e. The van der Waals surface area contributed by atoms with Crippen LogP contribution in [0.15, 0.2) is 41.8 Å². The van der Waals surface area contributed by atoms with Gasteiger partial charge >= 0.3 is 5.97 Å². The highest BCUT2D eigenvalue weighted by Crippen LogP contribution is 2.14. The van der Waals surface area contributed by atoms with Crippen LogP contribution in [0.3, 0.4) is 0 Å². The molecule has 1 aliphatic heterocycles. The lowest BCUT2D eigenvalue weighted by Crippen LogP contribution is -2.53. The molecule has 1 aromatic carbocycles. The summed E-state index contributed by atoms with van der Waals surface area (Å²) in [4.78, 5) is 24.6. The van der Waals surface area contributed by atoms with Crippen LogP contribution in [0.1, 0.15) is 12.5 Å². The fourth-order valence-corrected chi connectivity index (χ4v) is 2.17. The van der Waals surface area contributed by atoms with Crippen LogP contribution in [0.25, 0.3) is 0 Å². The van der Waals surface area contributed by atoms with Gasteiger partial charge in [0.15, 0.2) is 5.70 Å². The molecular weight excluding hydrogens is 270 g/mol. The Balaban J connectivity index is 2.09. The van der Waals surface area contributed by atoms with E-state index in [1.165, 1.54) is 0 Å². The van der Waals surface area contributed by atoms with Crippen molar-refractivity contribution in [2.24, 2.45) is 0 Å². The van der Waals surface area contributed by atoms with Crippen LogP contribution in [-0.2, 0) is 16.0 Å². The molecule has 1 aromatic rings. The molecule has 0 spiro atoms. The molecule has 1 unspecified atom stereocenters. The Labute approximate surface area is 123 Å². The predicted molar refractivity (Wildman–Crippen MR) is 78.2 cm³/mol. The highest BCUT2D eigenvalue weighted by atomic mass is 16.4. The van der Waals surface area contributed by atoms with Gasteiger partial charge in [-0.2, -0.15) is 0 Å². The van der Waals surface area contributed by atoms with Crippen molar-refractivity contribution in [3.8, 4) is 0 Å². The fraction of sp³-hybridized carbons (Fsp3) is 0.333. The van der Waals surface area contributed by atoms with Gasteiger partial charge in [0.1, 0.15) is 11.9 Å². The maximum absolute atomic E-state index is 11.7. The van der Waals surface area contributed by atoms with Crippen LogP contribution in [0.4, 0.5) is 0 Å². The van der Waals surface area contributed by atoms with Crippen molar-refractivity contribution in [3.63, 3.8) is 0 Å². The minimum Gasteiger partial charge on any atom is -0.476 e. The minimum atomic E-state index is -1.15. The zero-order valence-electron chi connectivity index (χ0n) is 12.1. The van der Waals surface area contributed by atoms with E-state index in [2.05, 4.69) is 10.6 Å². The second-order valence-electron chi connectivity index (χ2n) is 4.97. The van der Waals surface area contributed by atoms with Gasteiger partial charge in [0.05, 0.1) is 0 Å². The Morgan fingerprint density at radius 1 is 1.38 bits per heavy atom. The number of carboxylic acids is 1. The van der Waals surface area contributed by atoms with Gasteiger partial charge in [-0.05, 0) is 18.9 Å². The number of aliphatic carboxylic acids is 1. The van der Waals surface area contributed by atoms with Crippen LogP contribution < -0.4 is 10.6 Å². The van der Waals surface area contributed by atoms with Crippen LogP contribution >= 0.6 is 0 Å². The molecule has 0 fully saturated rings. The summed E-state index contributed by atoms with van der Waals surface area (Å²) in [6, 6.07) is 9.51. The van der Waals surface area contributed by atoms with Gasteiger partial charge in [-0.15, -0.1) is 0 Å². The molecule has 0 saturated carbocycles. The monoisotopic (exact) mass is 289 g/mol. The number of likely N-dealkylation sites (N-methyl/N-ethyl adjacent to an activating group) is 1. The van der Waals surface area contributed by atoms with Crippen LogP contribution in [0.2, 0.25) is 0 Å². The topological polar surface area (TPSA) is 81.7 Å². The second-order valence-corrected chi connectivity index (χ2v) is 4.97. The molecule has 0 saturated heterocycles. The van der Waals surface area contributed by atoms with Gasteiger partial charge in [0.25, 0.3) is 0 Å². The first-order valence-electron chi connectivity index (χ1n) is 6.79. The van der Waals surface area contributed by atoms with Crippen molar-refractivity contribution >= 4 is 11.9 Å². The molecule has 1 heterocycles. The second kappa shape index (κ2) is 6.30. The molecule has 2 rings (SSSR count). The summed E-state index contributed by atoms with van der Waals surface area (Å²) in [7, 11) is 1.71. The molecule has 3 N–H and O–H groups in total. The quantitative estimate of drug-likeness (QED) is 0.736. The summed E-state index contributed by atoms with van der Waals surface area (Å²) >= 11 is 0. The average molecular weight is 289 g/mol. The van der Waals surface area contributed by atoms with Crippen molar-refractivity contribution in [2.45, 2.75) is 19.4 Å². The molecule has 6 heteroatoms. The van der Waals surface area contributed by atoms with E-state index in [4.69, 9.17) is 0 Å². The minimum absolute atomic E-state index is 0.103. The molecule has 1 aliphatic rings. The molecule has 1 atom stereocenters. The van der Waals surface area contributed by atoms with Gasteiger partial charge in [-0.3, -0.25) is 4.79 Å². The summed E-state index contributed by atoms with van der Waals surface area (Å²) in [5.74, 6) is -1.03. The van der Waals surface area contributed by atoms with E-state index in [-0.39, 0.29) is 11.6 Å². The lowest BCUT2D eigenvalue weighted by Gasteiger charge is -2.34. The van der Waals surface area contributed by atoms with Gasteiger partial charge in [0, 0.05) is 13.6 Å². The highest BCUT2D eigenvalue weighted by molar-refractivity contribution is 5.96. The predicted octanol–water partition coefficient (Wildman–Crippen LogP) is 0.523. The Hall–Kier alpha value is -2.50. The number of benzene rings is 1. The van der Waals surface area contributed by atoms with Gasteiger partial charge < -0.3 is 20.6 Å². The van der Waals surface area contributed by atoms with Crippen molar-refractivity contribution in [3.05, 3.63) is 47.4 Å². The van der Waals surface area contributed by atoms with Crippen molar-refractivity contribution in [2.75, 3.05) is 13.6 Å². The van der Waals surface area contributed by atoms with E-state index in [0.29, 0.717) is 12.4 Å². The summed E-state index contributed by atoms with van der Waals surface area (Å²) in [6.07, 6.45) is 0.771. The maximum Gasteiger partial charge on any atom is 0.356 e. The first-order chi connectivity index (χ1) is 10.0. The Morgan fingerprint density at radius 3 is 2.67 bits per heavy atom. The summed E-state index contributed by atoms with van der Waals surface area (Å²) < 4.78 is 0. The molecule has 0 bridgehead atoms. The molecule has 0 aliphatic carbocycles. The summed E-state index contributed by atoms with van der Waals surface area (Å²) in [5, 5.41) is 14.8. The number of carbonyl (C=O) groups is 2. The lowest BCUT2D eigenvalue weighted by molar-refractivity contribution is -0.136. The zero-order chi connectivity index (χ0) is 15.4. The normalized spacial score (nSPS) is 18.5. The molecule has 0 aromatic heterocycles. The Kier molecular flexibility index (Phi) is 4.47. The third kappa shape index (κ3) is 3.34. The van der Waals surface area contributed by atoms with Gasteiger partial charge in [0.2, 0.25) is 5.91 Å². The van der Waals surface area contributed by atoms with E-state index in [1.807, 2.05) is 30.3 Å². The fourth-order valence-electron chi connectivity index (χ4n) is 2.17. The van der Waals surface area contributed by atoms with Crippen molar-refractivity contribution < 1.29 is 14.7 Å². The summed E-state index contributed by atoms with van der Waals surface area (Å²) in [5.41, 5.74) is 1.06. The zero-order valence-corrected chi connectivity index (χ0v) is 12.1. The van der Waals surface area contributed by atoms with E-state index in [1.54, 1.807) is 18.9 Å². The first-order valence-corrected chi connectivity index (χ1v) is 6.79. The van der Waals surface area contributed by atoms with Crippen LogP contribution in [0, 0.1) is 0 Å². The summed E-state index contributed by atoms with van der Waals surface area (Å²) in [6.45, 7) is 2.32. The van der Waals surface area contributed by atoms with Crippen LogP contribution in [-0.4, -0.2) is 41.5 Å². The smallest absolute Gasteiger partial charge is 0.356 e. The third-order valence-corrected chi connectivity index (χ3v) is 3.56. The van der Waals surface area contributed by atoms with E-state index < -0.39 is 12.0 Å². The van der Waals surface area contributed by atoms with Crippen LogP contribution in [0.5, 0.6) is 0 Å². The number of nitrogens with one attached hydrogen (secondary N) is 2. The molecule has 1 amide bonds. The van der Waals surface area contributed by atoms with E-state index in [0.717, 1.165) is 12.0 Å². The molecule has 0 radical (unpaired) electrons. The third-order valence-electron chi connectivity index (χ3n) is 3.56. The lowest BCUT2D eigenvalue weighted by atomic mass is 10.1. The Morgan fingerprint density at radius 2 is 2.05 bits per heavy atom. The average Bonchev–Trinajstić information content (AvgIpc) is 2.47. The van der Waals surface area contributed by atoms with Crippen molar-refractivity contribution in [1.29, 1.82) is 0 Å². The standard InChI is InChI=1S/C15H19N3O3/c1-10-14(19)17-12(15(20)21)13(18(10)2)16-9-8-11-6-4-3-5-7-11/h3-7,10,16H,8-9H2,1-2H3,(H,17,19)(H,20,21).